The zero-order valence-corrected chi connectivity index (χ0v) is 20.7. The van der Waals surface area contributed by atoms with Gasteiger partial charge in [-0.15, -0.1) is 5.10 Å². The van der Waals surface area contributed by atoms with Crippen molar-refractivity contribution in [2.45, 2.75) is 25.7 Å². The lowest BCUT2D eigenvalue weighted by molar-refractivity contribution is 0.0374. The third-order valence-corrected chi connectivity index (χ3v) is 6.94. The van der Waals surface area contributed by atoms with E-state index in [1.54, 1.807) is 23.0 Å². The molecule has 190 valence electrons. The predicted molar refractivity (Wildman–Crippen MR) is 140 cm³/mol. The first kappa shape index (κ1) is 23.5. The quantitative estimate of drug-likeness (QED) is 0.357. The Morgan fingerprint density at radius 3 is 2.86 bits per heavy atom. The molecule has 37 heavy (non-hydrogen) atoms. The molecule has 0 atom stereocenters. The van der Waals surface area contributed by atoms with Crippen molar-refractivity contribution in [1.29, 1.82) is 0 Å². The lowest BCUT2D eigenvalue weighted by atomic mass is 10.1. The number of fused-ring (bicyclic) bond motifs is 2. The third kappa shape index (κ3) is 5.30. The summed E-state index contributed by atoms with van der Waals surface area (Å²) in [7, 11) is 0. The standard InChI is InChI=1S/C27H30N8O2/c36-26(28-10-3-11-34-12-14-37-15-13-34)21-6-2-7-22(16-21)30-27-29-18-24-25(31-27)35(33-32-24)23-9-8-19-4-1-5-20(19)17-23/h2,6-9,16-18H,1,3-5,10-15H2,(H,28,36)(H,29,30,31). The fourth-order valence-electron chi connectivity index (χ4n) is 4.95. The van der Waals surface area contributed by atoms with E-state index in [-0.39, 0.29) is 5.91 Å². The van der Waals surface area contributed by atoms with E-state index in [0.29, 0.717) is 29.2 Å². The summed E-state index contributed by atoms with van der Waals surface area (Å²) >= 11 is 0. The molecular weight excluding hydrogens is 468 g/mol. The minimum Gasteiger partial charge on any atom is -0.379 e. The molecule has 10 heteroatoms. The largest absolute Gasteiger partial charge is 0.379 e. The van der Waals surface area contributed by atoms with Crippen LogP contribution in [0.15, 0.2) is 48.7 Å². The smallest absolute Gasteiger partial charge is 0.251 e. The lowest BCUT2D eigenvalue weighted by Crippen LogP contribution is -2.38. The molecule has 1 aliphatic heterocycles. The van der Waals surface area contributed by atoms with E-state index in [4.69, 9.17) is 4.74 Å². The van der Waals surface area contributed by atoms with Crippen LogP contribution in [0.4, 0.5) is 11.6 Å². The van der Waals surface area contributed by atoms with Crippen molar-refractivity contribution >= 4 is 28.7 Å². The second-order valence-electron chi connectivity index (χ2n) is 9.48. The predicted octanol–water partition coefficient (Wildman–Crippen LogP) is 2.89. The summed E-state index contributed by atoms with van der Waals surface area (Å²) in [6, 6.07) is 13.8. The van der Waals surface area contributed by atoms with Gasteiger partial charge >= 0.3 is 0 Å². The highest BCUT2D eigenvalue weighted by Crippen LogP contribution is 2.25. The Morgan fingerprint density at radius 2 is 1.95 bits per heavy atom. The number of aryl methyl sites for hydroxylation is 2. The number of rotatable bonds is 8. The van der Waals surface area contributed by atoms with Crippen molar-refractivity contribution in [3.05, 3.63) is 65.4 Å². The number of nitrogens with one attached hydrogen (secondary N) is 2. The highest BCUT2D eigenvalue weighted by atomic mass is 16.5. The Labute approximate surface area is 215 Å². The van der Waals surface area contributed by atoms with Gasteiger partial charge in [-0.1, -0.05) is 17.3 Å². The maximum absolute atomic E-state index is 12.7. The molecule has 10 nitrogen and oxygen atoms in total. The maximum atomic E-state index is 12.7. The van der Waals surface area contributed by atoms with E-state index in [1.807, 2.05) is 12.1 Å². The summed E-state index contributed by atoms with van der Waals surface area (Å²) in [5.74, 6) is 0.321. The molecular formula is C27H30N8O2. The van der Waals surface area contributed by atoms with Gasteiger partial charge in [0.05, 0.1) is 25.1 Å². The van der Waals surface area contributed by atoms with Gasteiger partial charge in [0.25, 0.3) is 5.91 Å². The minimum absolute atomic E-state index is 0.0964. The number of aromatic nitrogens is 5. The second-order valence-corrected chi connectivity index (χ2v) is 9.48. The first-order chi connectivity index (χ1) is 18.2. The normalized spacial score (nSPS) is 15.6. The Bertz CT molecular complexity index is 1410. The summed E-state index contributed by atoms with van der Waals surface area (Å²) in [5, 5.41) is 14.8. The Morgan fingerprint density at radius 1 is 1.05 bits per heavy atom. The topological polar surface area (TPSA) is 110 Å². The van der Waals surface area contributed by atoms with E-state index in [2.05, 4.69) is 54.0 Å². The van der Waals surface area contributed by atoms with Gasteiger partial charge in [0.15, 0.2) is 11.2 Å². The molecule has 6 rings (SSSR count). The molecule has 0 spiro atoms. The van der Waals surface area contributed by atoms with Gasteiger partial charge in [-0.3, -0.25) is 9.69 Å². The summed E-state index contributed by atoms with van der Waals surface area (Å²) in [6.45, 7) is 5.08. The number of nitrogens with zero attached hydrogens (tertiary/aromatic N) is 6. The number of carbonyl (C=O) groups is 1. The lowest BCUT2D eigenvalue weighted by Gasteiger charge is -2.26. The fraction of sp³-hybridized carbons (Fsp3) is 0.370. The van der Waals surface area contributed by atoms with Crippen molar-refractivity contribution in [1.82, 2.24) is 35.2 Å². The summed E-state index contributed by atoms with van der Waals surface area (Å²) in [5.41, 5.74) is 6.29. The number of amides is 1. The molecule has 4 aromatic rings. The van der Waals surface area contributed by atoms with Crippen LogP contribution in [0.1, 0.15) is 34.3 Å². The monoisotopic (exact) mass is 498 g/mol. The molecule has 2 aromatic heterocycles. The number of hydrogen-bond acceptors (Lipinski definition) is 8. The molecule has 1 aliphatic carbocycles. The second kappa shape index (κ2) is 10.6. The average molecular weight is 499 g/mol. The van der Waals surface area contributed by atoms with E-state index < -0.39 is 0 Å². The van der Waals surface area contributed by atoms with Crippen LogP contribution in [0.2, 0.25) is 0 Å². The van der Waals surface area contributed by atoms with Gasteiger partial charge in [-0.25, -0.2) is 4.98 Å². The number of morpholine rings is 1. The minimum atomic E-state index is -0.0964. The number of ether oxygens (including phenoxy) is 1. The van der Waals surface area contributed by atoms with Gasteiger partial charge in [0.1, 0.15) is 0 Å². The highest BCUT2D eigenvalue weighted by molar-refractivity contribution is 5.95. The number of hydrogen-bond donors (Lipinski definition) is 2. The SMILES string of the molecule is O=C(NCCCN1CCOCC1)c1cccc(Nc2ncc3nnn(-c4ccc5c(c4)CCC5)c3n2)c1. The number of carbonyl (C=O) groups excluding carboxylic acids is 1. The summed E-state index contributed by atoms with van der Waals surface area (Å²) in [6.07, 6.45) is 5.99. The van der Waals surface area contributed by atoms with E-state index in [1.165, 1.54) is 17.5 Å². The van der Waals surface area contributed by atoms with E-state index in [9.17, 15) is 4.79 Å². The Kier molecular flexibility index (Phi) is 6.74. The molecule has 1 fully saturated rings. The van der Waals surface area contributed by atoms with Crippen molar-refractivity contribution in [3.63, 3.8) is 0 Å². The van der Waals surface area contributed by atoms with Crippen molar-refractivity contribution in [2.24, 2.45) is 0 Å². The van der Waals surface area contributed by atoms with Gasteiger partial charge in [-0.05, 0) is 73.7 Å². The van der Waals surface area contributed by atoms with Crippen LogP contribution in [0.5, 0.6) is 0 Å². The summed E-state index contributed by atoms with van der Waals surface area (Å²) in [4.78, 5) is 24.1. The van der Waals surface area contributed by atoms with Crippen molar-refractivity contribution in [3.8, 4) is 5.69 Å². The van der Waals surface area contributed by atoms with Gasteiger partial charge < -0.3 is 15.4 Å². The van der Waals surface area contributed by atoms with Crippen LogP contribution in [-0.2, 0) is 17.6 Å². The highest BCUT2D eigenvalue weighted by Gasteiger charge is 2.15. The number of benzene rings is 2. The zero-order chi connectivity index (χ0) is 25.0. The molecule has 0 saturated carbocycles. The van der Waals surface area contributed by atoms with Gasteiger partial charge in [0, 0.05) is 30.9 Å². The maximum Gasteiger partial charge on any atom is 0.251 e. The summed E-state index contributed by atoms with van der Waals surface area (Å²) < 4.78 is 7.13. The van der Waals surface area contributed by atoms with Crippen LogP contribution in [-0.4, -0.2) is 75.2 Å². The zero-order valence-electron chi connectivity index (χ0n) is 20.7. The van der Waals surface area contributed by atoms with Crippen LogP contribution < -0.4 is 10.6 Å². The Hall–Kier alpha value is -3.89. The molecule has 2 aliphatic rings. The van der Waals surface area contributed by atoms with Crippen molar-refractivity contribution in [2.75, 3.05) is 44.7 Å². The Balaban J connectivity index is 1.12. The molecule has 0 bridgehead atoms. The molecule has 2 aromatic carbocycles. The molecule has 1 amide bonds. The fourth-order valence-corrected chi connectivity index (χ4v) is 4.95. The van der Waals surface area contributed by atoms with Crippen LogP contribution in [0.25, 0.3) is 16.9 Å². The first-order valence-electron chi connectivity index (χ1n) is 12.9. The molecule has 1 saturated heterocycles. The third-order valence-electron chi connectivity index (χ3n) is 6.94. The van der Waals surface area contributed by atoms with Crippen LogP contribution in [0, 0.1) is 0 Å². The van der Waals surface area contributed by atoms with Crippen molar-refractivity contribution < 1.29 is 9.53 Å². The molecule has 2 N–H and O–H groups in total. The van der Waals surface area contributed by atoms with Crippen LogP contribution in [0.3, 0.4) is 0 Å². The number of anilines is 2. The average Bonchev–Trinajstić information content (AvgIpc) is 3.58. The van der Waals surface area contributed by atoms with E-state index >= 15 is 0 Å². The molecule has 0 radical (unpaired) electrons. The molecule has 3 heterocycles. The van der Waals surface area contributed by atoms with Gasteiger partial charge in [0.2, 0.25) is 5.95 Å². The van der Waals surface area contributed by atoms with E-state index in [0.717, 1.165) is 63.5 Å². The molecule has 0 unspecified atom stereocenters. The first-order valence-corrected chi connectivity index (χ1v) is 12.9. The van der Waals surface area contributed by atoms with Crippen LogP contribution >= 0.6 is 0 Å². The van der Waals surface area contributed by atoms with Gasteiger partial charge in [-0.2, -0.15) is 9.67 Å².